The van der Waals surface area contributed by atoms with E-state index < -0.39 is 18.2 Å². The molecule has 0 aliphatic carbocycles. The molecule has 4 heterocycles. The van der Waals surface area contributed by atoms with Crippen LogP contribution >= 0.6 is 11.6 Å². The van der Waals surface area contributed by atoms with E-state index >= 15 is 0 Å². The van der Waals surface area contributed by atoms with E-state index in [2.05, 4.69) is 26.4 Å². The highest BCUT2D eigenvalue weighted by Gasteiger charge is 2.44. The second kappa shape index (κ2) is 12.2. The molecule has 0 radical (unpaired) electrons. The van der Waals surface area contributed by atoms with Gasteiger partial charge in [0.2, 0.25) is 6.23 Å². The molecule has 0 bridgehead atoms. The summed E-state index contributed by atoms with van der Waals surface area (Å²) < 4.78 is 5.68. The van der Waals surface area contributed by atoms with Gasteiger partial charge in [0.25, 0.3) is 5.91 Å². The van der Waals surface area contributed by atoms with Gasteiger partial charge in [-0.15, -0.1) is 0 Å². The number of nitrogens with zero attached hydrogens (tertiary/aromatic N) is 6. The van der Waals surface area contributed by atoms with Crippen LogP contribution in [0.4, 0.5) is 10.6 Å². The molecule has 0 unspecified atom stereocenters. The van der Waals surface area contributed by atoms with Gasteiger partial charge in [-0.05, 0) is 33.0 Å². The number of carbonyl (C=O) groups excluding carboxylic acids is 2. The Kier molecular flexibility index (Phi) is 9.11. The number of rotatable bonds is 4. The van der Waals surface area contributed by atoms with Gasteiger partial charge in [-0.2, -0.15) is 0 Å². The van der Waals surface area contributed by atoms with Crippen molar-refractivity contribution in [1.82, 2.24) is 24.8 Å². The minimum absolute atomic E-state index is 0.144. The summed E-state index contributed by atoms with van der Waals surface area (Å²) in [5.74, 6) is -0.121. The van der Waals surface area contributed by atoms with Gasteiger partial charge in [-0.25, -0.2) is 19.7 Å². The molecule has 184 valence electrons. The predicted octanol–water partition coefficient (Wildman–Crippen LogP) is 4.26. The van der Waals surface area contributed by atoms with E-state index in [0.29, 0.717) is 29.6 Å². The molecule has 2 aromatic rings. The van der Waals surface area contributed by atoms with Gasteiger partial charge in [-0.1, -0.05) is 48.1 Å². The minimum Gasteiger partial charge on any atom is -0.419 e. The SMILES string of the molecule is C=C/C(C)=C\C=C/C.CN1CCN(C(=O)O[C@H]2c3nccnc3C(=O)N2c2ccc(Cl)cn2)CC1. The van der Waals surface area contributed by atoms with Crippen molar-refractivity contribution in [2.24, 2.45) is 0 Å². The quantitative estimate of drug-likeness (QED) is 0.584. The number of likely N-dealkylation sites (N-methyl/N-ethyl adjacent to an activating group) is 1. The molecule has 35 heavy (non-hydrogen) atoms. The van der Waals surface area contributed by atoms with E-state index in [4.69, 9.17) is 16.3 Å². The van der Waals surface area contributed by atoms with Gasteiger partial charge in [0.15, 0.2) is 5.69 Å². The number of anilines is 1. The average Bonchev–Trinajstić information content (AvgIpc) is 3.15. The first-order valence-corrected chi connectivity index (χ1v) is 11.6. The Morgan fingerprint density at radius 1 is 1.17 bits per heavy atom. The lowest BCUT2D eigenvalue weighted by atomic mass is 10.3. The maximum atomic E-state index is 12.8. The molecule has 2 amide bonds. The smallest absolute Gasteiger partial charge is 0.412 e. The van der Waals surface area contributed by atoms with E-state index in [-0.39, 0.29) is 5.69 Å². The zero-order valence-electron chi connectivity index (χ0n) is 20.1. The Balaban J connectivity index is 0.000000371. The fourth-order valence-corrected chi connectivity index (χ4v) is 3.47. The first-order valence-electron chi connectivity index (χ1n) is 11.2. The normalized spacial score (nSPS) is 18.2. The maximum absolute atomic E-state index is 12.8. The summed E-state index contributed by atoms with van der Waals surface area (Å²) in [5, 5.41) is 0.435. The molecular weight excluding hydrogens is 468 g/mol. The van der Waals surface area contributed by atoms with Gasteiger partial charge in [0, 0.05) is 44.8 Å². The molecule has 10 heteroatoms. The zero-order valence-corrected chi connectivity index (χ0v) is 20.9. The van der Waals surface area contributed by atoms with E-state index in [1.807, 2.05) is 45.2 Å². The highest BCUT2D eigenvalue weighted by atomic mass is 35.5. The highest BCUT2D eigenvalue weighted by molar-refractivity contribution is 6.30. The monoisotopic (exact) mass is 496 g/mol. The fraction of sp³-hybridized carbons (Fsp3) is 0.320. The number of halogens is 1. The number of piperazine rings is 1. The minimum atomic E-state index is -1.03. The lowest BCUT2D eigenvalue weighted by Crippen LogP contribution is -2.48. The summed E-state index contributed by atoms with van der Waals surface area (Å²) in [4.78, 5) is 43.0. The standard InChI is InChI=1S/C17H17ClN6O3.C8H12/c1-22-6-8-23(9-7-22)17(26)27-16-14-13(19-4-5-20-14)15(25)24(16)12-3-2-11(18)10-21-12;1-4-6-7-8(3)5-2/h2-5,10,16H,6-9H2,1H3;4-7H,2H2,1,3H3/b;6-4-,8-7-/t16-;/m0./s1. The molecule has 0 saturated carbocycles. The molecule has 2 aliphatic heterocycles. The number of hydrogen-bond acceptors (Lipinski definition) is 7. The third-order valence-corrected chi connectivity index (χ3v) is 5.65. The summed E-state index contributed by atoms with van der Waals surface area (Å²) in [6, 6.07) is 3.20. The number of amides is 2. The van der Waals surface area contributed by atoms with Gasteiger partial charge in [0.05, 0.1) is 5.02 Å². The Morgan fingerprint density at radius 3 is 2.51 bits per heavy atom. The zero-order chi connectivity index (χ0) is 25.4. The Labute approximate surface area is 210 Å². The molecule has 1 fully saturated rings. The molecule has 1 atom stereocenters. The van der Waals surface area contributed by atoms with Crippen LogP contribution in [0.1, 0.15) is 36.3 Å². The Hall–Kier alpha value is -3.56. The Morgan fingerprint density at radius 2 is 1.89 bits per heavy atom. The van der Waals surface area contributed by atoms with Crippen LogP contribution in [0.3, 0.4) is 0 Å². The topological polar surface area (TPSA) is 91.8 Å². The highest BCUT2D eigenvalue weighted by Crippen LogP contribution is 2.35. The number of allylic oxidation sites excluding steroid dienone is 5. The van der Waals surface area contributed by atoms with Crippen molar-refractivity contribution >= 4 is 29.4 Å². The molecule has 1 saturated heterocycles. The van der Waals surface area contributed by atoms with Crippen molar-refractivity contribution in [2.75, 3.05) is 38.1 Å². The van der Waals surface area contributed by atoms with Gasteiger partial charge in [-0.3, -0.25) is 9.78 Å². The first-order chi connectivity index (χ1) is 16.8. The van der Waals surface area contributed by atoms with Crippen LogP contribution in [0.15, 0.2) is 67.2 Å². The van der Waals surface area contributed by atoms with Crippen LogP contribution in [-0.2, 0) is 4.74 Å². The first kappa shape index (κ1) is 26.1. The molecule has 0 spiro atoms. The number of ether oxygens (including phenoxy) is 1. The second-order valence-corrected chi connectivity index (χ2v) is 8.40. The number of aromatic nitrogens is 3. The third kappa shape index (κ3) is 6.52. The summed E-state index contributed by atoms with van der Waals surface area (Å²) in [6.07, 6.45) is 10.6. The fourth-order valence-electron chi connectivity index (χ4n) is 3.36. The molecule has 0 N–H and O–H groups in total. The van der Waals surface area contributed by atoms with E-state index in [9.17, 15) is 9.59 Å². The lowest BCUT2D eigenvalue weighted by molar-refractivity contribution is 0.0476. The summed E-state index contributed by atoms with van der Waals surface area (Å²) in [6.45, 7) is 10.3. The van der Waals surface area contributed by atoms with Crippen LogP contribution in [0.2, 0.25) is 5.02 Å². The number of carbonyl (C=O) groups is 2. The van der Waals surface area contributed by atoms with Gasteiger partial charge < -0.3 is 14.5 Å². The van der Waals surface area contributed by atoms with Gasteiger partial charge in [0.1, 0.15) is 11.5 Å². The van der Waals surface area contributed by atoms with Crippen molar-refractivity contribution in [3.05, 3.63) is 83.6 Å². The van der Waals surface area contributed by atoms with Crippen molar-refractivity contribution in [2.45, 2.75) is 20.1 Å². The predicted molar refractivity (Wildman–Crippen MR) is 135 cm³/mol. The number of fused-ring (bicyclic) bond motifs is 1. The lowest BCUT2D eigenvalue weighted by Gasteiger charge is -2.33. The summed E-state index contributed by atoms with van der Waals surface area (Å²) in [5.41, 5.74) is 1.63. The van der Waals surface area contributed by atoms with Crippen LogP contribution in [0, 0.1) is 0 Å². The van der Waals surface area contributed by atoms with E-state index in [0.717, 1.165) is 13.1 Å². The third-order valence-electron chi connectivity index (χ3n) is 5.42. The van der Waals surface area contributed by atoms with Crippen molar-refractivity contribution in [3.8, 4) is 0 Å². The molecule has 4 rings (SSSR count). The average molecular weight is 497 g/mol. The van der Waals surface area contributed by atoms with Crippen LogP contribution < -0.4 is 4.90 Å². The number of pyridine rings is 1. The molecule has 9 nitrogen and oxygen atoms in total. The van der Waals surface area contributed by atoms with E-state index in [1.165, 1.54) is 29.1 Å². The summed E-state index contributed by atoms with van der Waals surface area (Å²) >= 11 is 5.89. The molecule has 0 aromatic carbocycles. The van der Waals surface area contributed by atoms with Crippen LogP contribution in [0.25, 0.3) is 0 Å². The van der Waals surface area contributed by atoms with Crippen molar-refractivity contribution < 1.29 is 14.3 Å². The Bertz CT molecular complexity index is 1110. The van der Waals surface area contributed by atoms with Crippen LogP contribution in [0.5, 0.6) is 0 Å². The van der Waals surface area contributed by atoms with Crippen molar-refractivity contribution in [3.63, 3.8) is 0 Å². The molecule has 2 aromatic heterocycles. The number of hydrogen-bond donors (Lipinski definition) is 0. The van der Waals surface area contributed by atoms with Crippen LogP contribution in [-0.4, -0.2) is 70.0 Å². The van der Waals surface area contributed by atoms with Gasteiger partial charge >= 0.3 is 6.09 Å². The second-order valence-electron chi connectivity index (χ2n) is 7.97. The largest absolute Gasteiger partial charge is 0.419 e. The maximum Gasteiger partial charge on any atom is 0.412 e. The molecular formula is C25H29ClN6O3. The van der Waals surface area contributed by atoms with Crippen molar-refractivity contribution in [1.29, 1.82) is 0 Å². The summed E-state index contributed by atoms with van der Waals surface area (Å²) in [7, 11) is 2.00. The van der Waals surface area contributed by atoms with E-state index in [1.54, 1.807) is 17.0 Å². The molecule has 2 aliphatic rings.